The second kappa shape index (κ2) is 15.1. The Morgan fingerprint density at radius 1 is 1.00 bits per heavy atom. The van der Waals surface area contributed by atoms with Crippen molar-refractivity contribution in [2.24, 2.45) is 5.92 Å². The molecular formula is C31H49N5O2. The highest BCUT2D eigenvalue weighted by Crippen LogP contribution is 2.26. The molecule has 1 aliphatic heterocycles. The number of hydrogen-bond donors (Lipinski definition) is 1. The molecule has 1 aliphatic rings. The van der Waals surface area contributed by atoms with Crippen LogP contribution in [0.15, 0.2) is 30.6 Å². The molecule has 210 valence electrons. The number of hydrogen-bond acceptors (Lipinski definition) is 4. The second-order valence-electron chi connectivity index (χ2n) is 11.5. The number of anilines is 1. The highest BCUT2D eigenvalue weighted by Gasteiger charge is 2.20. The molecule has 0 bridgehead atoms. The molecule has 38 heavy (non-hydrogen) atoms. The van der Waals surface area contributed by atoms with E-state index in [1.54, 1.807) is 6.92 Å². The molecule has 0 radical (unpaired) electrons. The highest BCUT2D eigenvalue weighted by atomic mass is 16.2. The molecule has 0 atom stereocenters. The van der Waals surface area contributed by atoms with Crippen LogP contribution < -0.4 is 10.2 Å². The number of carbonyl (C=O) groups is 2. The molecule has 0 fully saturated rings. The minimum Gasteiger partial charge on any atom is -0.352 e. The van der Waals surface area contributed by atoms with Gasteiger partial charge in [-0.15, -0.1) is 0 Å². The Labute approximate surface area is 230 Å². The quantitative estimate of drug-likeness (QED) is 0.410. The van der Waals surface area contributed by atoms with Gasteiger partial charge in [-0.3, -0.25) is 14.5 Å². The summed E-state index contributed by atoms with van der Waals surface area (Å²) in [5.41, 5.74) is 2.68. The van der Waals surface area contributed by atoms with Crippen molar-refractivity contribution >= 4 is 17.5 Å². The monoisotopic (exact) mass is 523 g/mol. The Hall–Kier alpha value is -2.67. The number of nitrogens with zero attached hydrogens (tertiary/aromatic N) is 4. The minimum absolute atomic E-state index is 0.0586. The van der Waals surface area contributed by atoms with Gasteiger partial charge < -0.3 is 14.8 Å². The maximum atomic E-state index is 13.1. The SMILES string of the molecule is CC(=O)N1CCCCCCCN(CCC(C)C)Cc2cc(C(=O)NCCCn3ccnc3C(C)C)ccc21. The van der Waals surface area contributed by atoms with Crippen LogP contribution in [-0.4, -0.2) is 52.4 Å². The van der Waals surface area contributed by atoms with Crippen molar-refractivity contribution in [2.75, 3.05) is 31.1 Å². The van der Waals surface area contributed by atoms with Crippen molar-refractivity contribution in [1.82, 2.24) is 19.8 Å². The summed E-state index contributed by atoms with van der Waals surface area (Å²) in [6, 6.07) is 5.88. The average molecular weight is 524 g/mol. The van der Waals surface area contributed by atoms with Crippen LogP contribution in [0.25, 0.3) is 0 Å². The molecule has 0 spiro atoms. The fourth-order valence-corrected chi connectivity index (χ4v) is 5.22. The van der Waals surface area contributed by atoms with Crippen molar-refractivity contribution in [2.45, 2.75) is 98.6 Å². The van der Waals surface area contributed by atoms with Gasteiger partial charge in [-0.05, 0) is 68.5 Å². The first-order valence-corrected chi connectivity index (χ1v) is 14.7. The normalized spacial score (nSPS) is 15.7. The lowest BCUT2D eigenvalue weighted by atomic mass is 10.0. The Balaban J connectivity index is 1.75. The summed E-state index contributed by atoms with van der Waals surface area (Å²) < 4.78 is 2.17. The topological polar surface area (TPSA) is 70.5 Å². The van der Waals surface area contributed by atoms with E-state index in [0.29, 0.717) is 23.9 Å². The van der Waals surface area contributed by atoms with E-state index in [-0.39, 0.29) is 11.8 Å². The maximum absolute atomic E-state index is 13.1. The van der Waals surface area contributed by atoms with E-state index in [2.05, 4.69) is 47.5 Å². The fourth-order valence-electron chi connectivity index (χ4n) is 5.22. The largest absolute Gasteiger partial charge is 0.352 e. The highest BCUT2D eigenvalue weighted by molar-refractivity contribution is 5.97. The van der Waals surface area contributed by atoms with Crippen LogP contribution in [0, 0.1) is 5.92 Å². The summed E-state index contributed by atoms with van der Waals surface area (Å²) in [5, 5.41) is 3.10. The molecule has 1 N–H and O–H groups in total. The molecule has 1 aromatic heterocycles. The molecular weight excluding hydrogens is 474 g/mol. The molecule has 0 aliphatic carbocycles. The van der Waals surface area contributed by atoms with E-state index >= 15 is 0 Å². The van der Waals surface area contributed by atoms with Gasteiger partial charge in [0.15, 0.2) is 0 Å². The predicted molar refractivity (Wildman–Crippen MR) is 156 cm³/mol. The van der Waals surface area contributed by atoms with Crippen LogP contribution in [0.1, 0.15) is 107 Å². The number of rotatable bonds is 9. The van der Waals surface area contributed by atoms with E-state index in [4.69, 9.17) is 0 Å². The van der Waals surface area contributed by atoms with Gasteiger partial charge in [0.2, 0.25) is 5.91 Å². The zero-order valence-electron chi connectivity index (χ0n) is 24.3. The first-order chi connectivity index (χ1) is 18.3. The number of amides is 2. The number of carbonyl (C=O) groups excluding carboxylic acids is 2. The van der Waals surface area contributed by atoms with Crippen LogP contribution in [0.5, 0.6) is 0 Å². The summed E-state index contributed by atoms with van der Waals surface area (Å²) >= 11 is 0. The lowest BCUT2D eigenvalue weighted by Gasteiger charge is -2.29. The standard InChI is InChI=1S/C31H49N5O2/c1-24(2)14-20-34-17-9-7-6-8-10-19-36(26(5)37)29-13-12-27(22-28(29)23-34)31(38)33-15-11-18-35-21-16-32-30(35)25(3)4/h12-13,16,21-22,24-25H,6-11,14-15,17-20,23H2,1-5H3,(H,33,38). The van der Waals surface area contributed by atoms with E-state index in [9.17, 15) is 9.59 Å². The number of aromatic nitrogens is 2. The van der Waals surface area contributed by atoms with Gasteiger partial charge in [-0.25, -0.2) is 4.98 Å². The molecule has 7 nitrogen and oxygen atoms in total. The van der Waals surface area contributed by atoms with Gasteiger partial charge in [0.25, 0.3) is 5.91 Å². The van der Waals surface area contributed by atoms with Crippen LogP contribution >= 0.6 is 0 Å². The number of imidazole rings is 1. The van der Waals surface area contributed by atoms with Crippen LogP contribution in [0.2, 0.25) is 0 Å². The van der Waals surface area contributed by atoms with Gasteiger partial charge in [0.1, 0.15) is 5.82 Å². The van der Waals surface area contributed by atoms with E-state index in [0.717, 1.165) is 75.5 Å². The first-order valence-electron chi connectivity index (χ1n) is 14.7. The molecule has 2 amide bonds. The van der Waals surface area contributed by atoms with E-state index in [1.165, 1.54) is 19.3 Å². The van der Waals surface area contributed by atoms with Gasteiger partial charge in [-0.2, -0.15) is 0 Å². The fraction of sp³-hybridized carbons (Fsp3) is 0.645. The van der Waals surface area contributed by atoms with Crippen molar-refractivity contribution < 1.29 is 9.59 Å². The summed E-state index contributed by atoms with van der Waals surface area (Å²) in [6.45, 7) is 15.5. The summed E-state index contributed by atoms with van der Waals surface area (Å²) in [4.78, 5) is 34.7. The smallest absolute Gasteiger partial charge is 0.251 e. The number of nitrogens with one attached hydrogen (secondary N) is 1. The third-order valence-corrected chi connectivity index (χ3v) is 7.41. The lowest BCUT2D eigenvalue weighted by molar-refractivity contribution is -0.116. The third-order valence-electron chi connectivity index (χ3n) is 7.41. The first kappa shape index (κ1) is 29.9. The van der Waals surface area contributed by atoms with Crippen LogP contribution in [0.4, 0.5) is 5.69 Å². The molecule has 1 aromatic carbocycles. The molecule has 0 unspecified atom stereocenters. The lowest BCUT2D eigenvalue weighted by Crippen LogP contribution is -2.33. The van der Waals surface area contributed by atoms with Crippen LogP contribution in [-0.2, 0) is 17.9 Å². The molecule has 2 aromatic rings. The third kappa shape index (κ3) is 8.97. The van der Waals surface area contributed by atoms with Crippen LogP contribution in [0.3, 0.4) is 0 Å². The van der Waals surface area contributed by atoms with E-state index < -0.39 is 0 Å². The predicted octanol–water partition coefficient (Wildman–Crippen LogP) is 5.99. The maximum Gasteiger partial charge on any atom is 0.251 e. The molecule has 0 saturated heterocycles. The Bertz CT molecular complexity index is 1030. The number of fused-ring (bicyclic) bond motifs is 1. The average Bonchev–Trinajstić information content (AvgIpc) is 3.34. The van der Waals surface area contributed by atoms with Gasteiger partial charge in [-0.1, -0.05) is 47.0 Å². The summed E-state index contributed by atoms with van der Waals surface area (Å²) in [7, 11) is 0. The number of benzene rings is 1. The molecule has 3 rings (SSSR count). The van der Waals surface area contributed by atoms with Gasteiger partial charge >= 0.3 is 0 Å². The summed E-state index contributed by atoms with van der Waals surface area (Å²) in [5.74, 6) is 2.10. The zero-order chi connectivity index (χ0) is 27.5. The molecule has 2 heterocycles. The summed E-state index contributed by atoms with van der Waals surface area (Å²) in [6.07, 6.45) is 11.6. The van der Waals surface area contributed by atoms with E-state index in [1.807, 2.05) is 35.5 Å². The van der Waals surface area contributed by atoms with Crippen molar-refractivity contribution in [1.29, 1.82) is 0 Å². The zero-order valence-corrected chi connectivity index (χ0v) is 24.3. The Morgan fingerprint density at radius 2 is 1.74 bits per heavy atom. The van der Waals surface area contributed by atoms with Gasteiger partial charge in [0.05, 0.1) is 0 Å². The van der Waals surface area contributed by atoms with Crippen molar-refractivity contribution in [3.05, 3.63) is 47.5 Å². The van der Waals surface area contributed by atoms with Crippen molar-refractivity contribution in [3.63, 3.8) is 0 Å². The van der Waals surface area contributed by atoms with Crippen molar-refractivity contribution in [3.8, 4) is 0 Å². The number of aryl methyl sites for hydroxylation is 1. The Morgan fingerprint density at radius 3 is 2.45 bits per heavy atom. The van der Waals surface area contributed by atoms with Gasteiger partial charge in [0, 0.05) is 62.7 Å². The molecule has 7 heteroatoms. The molecule has 0 saturated carbocycles. The minimum atomic E-state index is -0.0586. The Kier molecular flexibility index (Phi) is 11.8. The second-order valence-corrected chi connectivity index (χ2v) is 11.5.